The van der Waals surface area contributed by atoms with Crippen LogP contribution in [0.25, 0.3) is 0 Å². The summed E-state index contributed by atoms with van der Waals surface area (Å²) < 4.78 is 5.59. The molecule has 1 heterocycles. The zero-order valence-electron chi connectivity index (χ0n) is 10.3. The molecule has 98 valence electrons. The summed E-state index contributed by atoms with van der Waals surface area (Å²) in [5.74, 6) is -0.419. The molecule has 0 aliphatic rings. The first kappa shape index (κ1) is 13.3. The molecule has 0 spiro atoms. The molecule has 0 amide bonds. The molecule has 1 aromatic heterocycles. The molecule has 6 heteroatoms. The van der Waals surface area contributed by atoms with Crippen LogP contribution >= 0.6 is 11.6 Å². The maximum atomic E-state index is 10.8. The zero-order valence-corrected chi connectivity index (χ0v) is 11.1. The summed E-state index contributed by atoms with van der Waals surface area (Å²) in [5.41, 5.74) is 1.52. The van der Waals surface area contributed by atoms with Crippen LogP contribution in [0.15, 0.2) is 24.5 Å². The standard InChI is InChI=1S/C13H11ClN2O3/c1-7-3-9(14)4-8(2)12(7)19-11-6-15-5-10(16-11)13(17)18/h3-6H,1-2H3,(H,17,18). The third kappa shape index (κ3) is 3.00. The third-order valence-electron chi connectivity index (χ3n) is 2.46. The van der Waals surface area contributed by atoms with E-state index in [-0.39, 0.29) is 11.6 Å². The molecule has 19 heavy (non-hydrogen) atoms. The number of benzene rings is 1. The molecule has 0 atom stereocenters. The molecule has 2 aromatic rings. The van der Waals surface area contributed by atoms with Crippen molar-refractivity contribution in [3.05, 3.63) is 46.4 Å². The molecule has 1 N–H and O–H groups in total. The van der Waals surface area contributed by atoms with Crippen LogP contribution < -0.4 is 4.74 Å². The van der Waals surface area contributed by atoms with Gasteiger partial charge in [0.15, 0.2) is 5.69 Å². The molecular formula is C13H11ClN2O3. The van der Waals surface area contributed by atoms with Gasteiger partial charge in [0.25, 0.3) is 0 Å². The first-order chi connectivity index (χ1) is 8.97. The molecule has 0 saturated carbocycles. The molecule has 1 aromatic carbocycles. The van der Waals surface area contributed by atoms with Crippen LogP contribution in [0.2, 0.25) is 5.02 Å². The van der Waals surface area contributed by atoms with Crippen molar-refractivity contribution in [2.45, 2.75) is 13.8 Å². The number of carboxylic acid groups (broad SMARTS) is 1. The van der Waals surface area contributed by atoms with E-state index in [0.717, 1.165) is 17.3 Å². The van der Waals surface area contributed by atoms with Crippen molar-refractivity contribution in [3.8, 4) is 11.6 Å². The van der Waals surface area contributed by atoms with E-state index in [1.165, 1.54) is 6.20 Å². The predicted molar refractivity (Wildman–Crippen MR) is 70.0 cm³/mol. The van der Waals surface area contributed by atoms with Gasteiger partial charge in [-0.3, -0.25) is 4.98 Å². The quantitative estimate of drug-likeness (QED) is 0.933. The second-order valence-electron chi connectivity index (χ2n) is 4.02. The second kappa shape index (κ2) is 5.24. The van der Waals surface area contributed by atoms with Crippen molar-refractivity contribution in [2.24, 2.45) is 0 Å². The fourth-order valence-corrected chi connectivity index (χ4v) is 1.99. The SMILES string of the molecule is Cc1cc(Cl)cc(C)c1Oc1cncc(C(=O)O)n1. The number of aromatic carboxylic acids is 1. The van der Waals surface area contributed by atoms with Crippen LogP contribution in [0.3, 0.4) is 0 Å². The maximum Gasteiger partial charge on any atom is 0.356 e. The Morgan fingerprint density at radius 1 is 1.26 bits per heavy atom. The Morgan fingerprint density at radius 3 is 2.47 bits per heavy atom. The molecule has 0 aliphatic carbocycles. The molecule has 0 fully saturated rings. The summed E-state index contributed by atoms with van der Waals surface area (Å²) in [6.07, 6.45) is 2.52. The van der Waals surface area contributed by atoms with Crippen molar-refractivity contribution in [1.82, 2.24) is 9.97 Å². The molecule has 5 nitrogen and oxygen atoms in total. The number of rotatable bonds is 3. The van der Waals surface area contributed by atoms with Crippen LogP contribution in [0.4, 0.5) is 0 Å². The molecular weight excluding hydrogens is 268 g/mol. The second-order valence-corrected chi connectivity index (χ2v) is 4.45. The first-order valence-corrected chi connectivity index (χ1v) is 5.85. The Balaban J connectivity index is 2.36. The van der Waals surface area contributed by atoms with E-state index < -0.39 is 5.97 Å². The molecule has 0 radical (unpaired) electrons. The molecule has 0 saturated heterocycles. The Morgan fingerprint density at radius 2 is 1.89 bits per heavy atom. The van der Waals surface area contributed by atoms with E-state index in [1.807, 2.05) is 13.8 Å². The average Bonchev–Trinajstić information content (AvgIpc) is 2.34. The van der Waals surface area contributed by atoms with Gasteiger partial charge in [-0.15, -0.1) is 0 Å². The molecule has 2 rings (SSSR count). The summed E-state index contributed by atoms with van der Waals surface area (Å²) in [5, 5.41) is 9.46. The summed E-state index contributed by atoms with van der Waals surface area (Å²) in [7, 11) is 0. The third-order valence-corrected chi connectivity index (χ3v) is 2.68. The molecule has 0 aliphatic heterocycles. The van der Waals surface area contributed by atoms with Crippen LogP contribution in [-0.2, 0) is 0 Å². The number of halogens is 1. The lowest BCUT2D eigenvalue weighted by atomic mass is 10.1. The fraction of sp³-hybridized carbons (Fsp3) is 0.154. The number of hydrogen-bond acceptors (Lipinski definition) is 4. The zero-order chi connectivity index (χ0) is 14.0. The van der Waals surface area contributed by atoms with E-state index in [2.05, 4.69) is 9.97 Å². The number of aromatic nitrogens is 2. The van der Waals surface area contributed by atoms with Crippen molar-refractivity contribution in [3.63, 3.8) is 0 Å². The lowest BCUT2D eigenvalue weighted by Crippen LogP contribution is -2.03. The van der Waals surface area contributed by atoms with Crippen molar-refractivity contribution >= 4 is 17.6 Å². The van der Waals surface area contributed by atoms with Gasteiger partial charge in [0.2, 0.25) is 5.88 Å². The van der Waals surface area contributed by atoms with Gasteiger partial charge < -0.3 is 9.84 Å². The lowest BCUT2D eigenvalue weighted by Gasteiger charge is -2.11. The maximum absolute atomic E-state index is 10.8. The van der Waals surface area contributed by atoms with E-state index in [0.29, 0.717) is 10.8 Å². The van der Waals surface area contributed by atoms with Gasteiger partial charge in [0.05, 0.1) is 12.4 Å². The molecule has 0 bridgehead atoms. The average molecular weight is 279 g/mol. The van der Waals surface area contributed by atoms with Gasteiger partial charge in [0.1, 0.15) is 5.75 Å². The van der Waals surface area contributed by atoms with Gasteiger partial charge in [-0.1, -0.05) is 11.6 Å². The van der Waals surface area contributed by atoms with Crippen LogP contribution in [0, 0.1) is 13.8 Å². The highest BCUT2D eigenvalue weighted by Gasteiger charge is 2.11. The highest BCUT2D eigenvalue weighted by atomic mass is 35.5. The number of carbonyl (C=O) groups is 1. The van der Waals surface area contributed by atoms with E-state index >= 15 is 0 Å². The van der Waals surface area contributed by atoms with Crippen LogP contribution in [0.5, 0.6) is 11.6 Å². The highest BCUT2D eigenvalue weighted by molar-refractivity contribution is 6.30. The minimum Gasteiger partial charge on any atom is -0.476 e. The van der Waals surface area contributed by atoms with Gasteiger partial charge in [0, 0.05) is 5.02 Å². The monoisotopic (exact) mass is 278 g/mol. The Labute approximate surface area is 114 Å². The van der Waals surface area contributed by atoms with E-state index in [9.17, 15) is 4.79 Å². The van der Waals surface area contributed by atoms with Crippen LogP contribution in [-0.4, -0.2) is 21.0 Å². The summed E-state index contributed by atoms with van der Waals surface area (Å²) >= 11 is 5.93. The summed E-state index contributed by atoms with van der Waals surface area (Å²) in [6.45, 7) is 3.70. The van der Waals surface area contributed by atoms with Crippen LogP contribution in [0.1, 0.15) is 21.6 Å². The number of carboxylic acids is 1. The lowest BCUT2D eigenvalue weighted by molar-refractivity contribution is 0.0689. The topological polar surface area (TPSA) is 72.3 Å². The molecule has 0 unspecified atom stereocenters. The highest BCUT2D eigenvalue weighted by Crippen LogP contribution is 2.30. The van der Waals surface area contributed by atoms with Gasteiger partial charge >= 0.3 is 5.97 Å². The number of aryl methyl sites for hydroxylation is 2. The Bertz CT molecular complexity index is 621. The van der Waals surface area contributed by atoms with Crippen molar-refractivity contribution in [2.75, 3.05) is 0 Å². The van der Waals surface area contributed by atoms with Gasteiger partial charge in [-0.25, -0.2) is 9.78 Å². The minimum absolute atomic E-state index is 0.133. The van der Waals surface area contributed by atoms with Gasteiger partial charge in [-0.05, 0) is 37.1 Å². The largest absolute Gasteiger partial charge is 0.476 e. The normalized spacial score (nSPS) is 10.3. The smallest absolute Gasteiger partial charge is 0.356 e. The van der Waals surface area contributed by atoms with E-state index in [4.69, 9.17) is 21.4 Å². The summed E-state index contributed by atoms with van der Waals surface area (Å²) in [4.78, 5) is 18.4. The summed E-state index contributed by atoms with van der Waals surface area (Å²) in [6, 6.07) is 3.52. The van der Waals surface area contributed by atoms with Crippen molar-refractivity contribution < 1.29 is 14.6 Å². The fourth-order valence-electron chi connectivity index (χ4n) is 1.66. The first-order valence-electron chi connectivity index (χ1n) is 5.47. The Hall–Kier alpha value is -2.14. The predicted octanol–water partition coefficient (Wildman–Crippen LogP) is 3.24. The Kier molecular flexibility index (Phi) is 3.66. The minimum atomic E-state index is -1.15. The number of hydrogen-bond donors (Lipinski definition) is 1. The van der Waals surface area contributed by atoms with E-state index in [1.54, 1.807) is 12.1 Å². The number of ether oxygens (including phenoxy) is 1. The number of nitrogens with zero attached hydrogens (tertiary/aromatic N) is 2. The van der Waals surface area contributed by atoms with Crippen molar-refractivity contribution in [1.29, 1.82) is 0 Å². The van der Waals surface area contributed by atoms with Gasteiger partial charge in [-0.2, -0.15) is 0 Å².